The second-order valence-corrected chi connectivity index (χ2v) is 5.25. The Morgan fingerprint density at radius 3 is 2.45 bits per heavy atom. The molecule has 4 nitrogen and oxygen atoms in total. The quantitative estimate of drug-likeness (QED) is 0.586. The second-order valence-electron chi connectivity index (χ2n) is 4.81. The summed E-state index contributed by atoms with van der Waals surface area (Å²) in [5.74, 6) is -7.36. The number of aromatic hydroxyl groups is 1. The molecule has 8 heteroatoms. The molecule has 1 rings (SSSR count). The number of carbonyl (C=O) groups excluding carboxylic acids is 1. The first-order valence-corrected chi connectivity index (χ1v) is 5.93. The molecule has 4 N–H and O–H groups in total. The third-order valence-corrected chi connectivity index (χ3v) is 3.29. The molecule has 1 aromatic carbocycles. The van der Waals surface area contributed by atoms with Crippen molar-refractivity contribution in [2.45, 2.75) is 13.8 Å². The van der Waals surface area contributed by atoms with Gasteiger partial charge in [-0.3, -0.25) is 4.79 Å². The van der Waals surface area contributed by atoms with Crippen molar-refractivity contribution in [1.29, 1.82) is 0 Å². The first kappa shape index (κ1) is 16.2. The fourth-order valence-corrected chi connectivity index (χ4v) is 1.31. The zero-order chi connectivity index (χ0) is 15.7. The highest BCUT2D eigenvalue weighted by Gasteiger charge is 2.26. The molecule has 0 aliphatic heterocycles. The number of carbonyl (C=O) groups is 1. The van der Waals surface area contributed by atoms with Gasteiger partial charge in [-0.1, -0.05) is 26.1 Å². The number of nitrogens with one attached hydrogen (secondary N) is 1. The number of thiocarbonyl (C=S) groups is 1. The maximum Gasteiger partial charge on any atom is 0.254 e. The lowest BCUT2D eigenvalue weighted by molar-refractivity contribution is 0.0939. The number of phenols is 1. The summed E-state index contributed by atoms with van der Waals surface area (Å²) in [6.45, 7) is 3.27. The summed E-state index contributed by atoms with van der Waals surface area (Å²) in [5, 5.41) is 11.3. The molecule has 0 aliphatic rings. The van der Waals surface area contributed by atoms with Gasteiger partial charge in [0.05, 0.1) is 10.6 Å². The summed E-state index contributed by atoms with van der Waals surface area (Å²) < 4.78 is 39.4. The summed E-state index contributed by atoms with van der Waals surface area (Å²) in [6.07, 6.45) is 0. The number of nitrogens with two attached hydrogens (primary N) is 1. The Balaban J connectivity index is 2.98. The number of halogens is 3. The second kappa shape index (κ2) is 5.66. The number of rotatable bonds is 4. The Morgan fingerprint density at radius 2 is 1.95 bits per heavy atom. The highest BCUT2D eigenvalue weighted by molar-refractivity contribution is 7.80. The SMILES string of the molecule is CC(C)(CNC(=O)c1cc(F)c(F)c(O)c1F)C(N)=S. The van der Waals surface area contributed by atoms with E-state index in [0.717, 1.165) is 0 Å². The molecule has 0 radical (unpaired) electrons. The van der Waals surface area contributed by atoms with E-state index in [2.05, 4.69) is 5.32 Å². The highest BCUT2D eigenvalue weighted by Crippen LogP contribution is 2.26. The Hall–Kier alpha value is -1.83. The molecular weight excluding hydrogens is 293 g/mol. The van der Waals surface area contributed by atoms with E-state index >= 15 is 0 Å². The van der Waals surface area contributed by atoms with Gasteiger partial charge in [-0.05, 0) is 6.07 Å². The zero-order valence-corrected chi connectivity index (χ0v) is 11.6. The van der Waals surface area contributed by atoms with Crippen molar-refractivity contribution < 1.29 is 23.1 Å². The molecular formula is C12H13F3N2O2S. The van der Waals surface area contributed by atoms with E-state index in [1.54, 1.807) is 13.8 Å². The molecule has 0 saturated carbocycles. The minimum atomic E-state index is -1.75. The monoisotopic (exact) mass is 306 g/mol. The first-order chi connectivity index (χ1) is 9.08. The fourth-order valence-electron chi connectivity index (χ4n) is 1.24. The van der Waals surface area contributed by atoms with Crippen LogP contribution in [-0.2, 0) is 0 Å². The van der Waals surface area contributed by atoms with Gasteiger partial charge in [0.1, 0.15) is 0 Å². The summed E-state index contributed by atoms with van der Waals surface area (Å²) in [6, 6.07) is 0.369. The average molecular weight is 306 g/mol. The zero-order valence-electron chi connectivity index (χ0n) is 10.8. The van der Waals surface area contributed by atoms with Crippen molar-refractivity contribution in [1.82, 2.24) is 5.32 Å². The lowest BCUT2D eigenvalue weighted by atomic mass is 9.93. The average Bonchev–Trinajstić information content (AvgIpc) is 2.37. The lowest BCUT2D eigenvalue weighted by Crippen LogP contribution is -2.41. The Labute approximate surface area is 118 Å². The fraction of sp³-hybridized carbons (Fsp3) is 0.333. The molecule has 20 heavy (non-hydrogen) atoms. The van der Waals surface area contributed by atoms with E-state index in [9.17, 15) is 18.0 Å². The molecule has 0 aliphatic carbocycles. The van der Waals surface area contributed by atoms with E-state index < -0.39 is 40.1 Å². The number of amides is 1. The summed E-state index contributed by atoms with van der Waals surface area (Å²) in [4.78, 5) is 11.8. The van der Waals surface area contributed by atoms with Gasteiger partial charge >= 0.3 is 0 Å². The minimum absolute atomic E-state index is 0.0274. The predicted molar refractivity (Wildman–Crippen MR) is 70.9 cm³/mol. The van der Waals surface area contributed by atoms with Gasteiger partial charge < -0.3 is 16.2 Å². The molecule has 1 amide bonds. The van der Waals surface area contributed by atoms with Crippen LogP contribution in [0.4, 0.5) is 13.2 Å². The van der Waals surface area contributed by atoms with Gasteiger partial charge in [0.2, 0.25) is 5.82 Å². The lowest BCUT2D eigenvalue weighted by Gasteiger charge is -2.23. The number of benzene rings is 1. The summed E-state index contributed by atoms with van der Waals surface area (Å²) in [5.41, 5.74) is 3.91. The van der Waals surface area contributed by atoms with E-state index in [1.165, 1.54) is 0 Å². The van der Waals surface area contributed by atoms with Crippen LogP contribution in [0.25, 0.3) is 0 Å². The highest BCUT2D eigenvalue weighted by atomic mass is 32.1. The standard InChI is InChI=1S/C12H13F3N2O2S/c1-12(2,11(16)20)4-17-10(19)5-3-6(13)8(15)9(18)7(5)14/h3,18H,4H2,1-2H3,(H2,16,20)(H,17,19). The Kier molecular flexibility index (Phi) is 4.59. The number of phenolic OH excluding ortho intramolecular Hbond substituents is 1. The molecule has 0 bridgehead atoms. The van der Waals surface area contributed by atoms with E-state index in [1.807, 2.05) is 0 Å². The van der Waals surface area contributed by atoms with Gasteiger partial charge in [0, 0.05) is 12.0 Å². The smallest absolute Gasteiger partial charge is 0.254 e. The maximum absolute atomic E-state index is 13.5. The van der Waals surface area contributed by atoms with Crippen LogP contribution in [-0.4, -0.2) is 22.5 Å². The van der Waals surface area contributed by atoms with Crippen LogP contribution in [0.2, 0.25) is 0 Å². The molecule has 0 fully saturated rings. The third kappa shape index (κ3) is 3.19. The van der Waals surface area contributed by atoms with Crippen LogP contribution in [0.3, 0.4) is 0 Å². The largest absolute Gasteiger partial charge is 0.503 e. The van der Waals surface area contributed by atoms with Gasteiger partial charge in [0.25, 0.3) is 5.91 Å². The molecule has 0 spiro atoms. The van der Waals surface area contributed by atoms with Crippen molar-refractivity contribution in [3.63, 3.8) is 0 Å². The molecule has 0 saturated heterocycles. The van der Waals surface area contributed by atoms with Crippen LogP contribution >= 0.6 is 12.2 Å². The van der Waals surface area contributed by atoms with Crippen LogP contribution in [0, 0.1) is 22.9 Å². The summed E-state index contributed by atoms with van der Waals surface area (Å²) in [7, 11) is 0. The van der Waals surface area contributed by atoms with Crippen molar-refractivity contribution in [3.8, 4) is 5.75 Å². The predicted octanol–water partition coefficient (Wildman–Crippen LogP) is 1.85. The maximum atomic E-state index is 13.5. The van der Waals surface area contributed by atoms with Gasteiger partial charge in [-0.2, -0.15) is 4.39 Å². The molecule has 0 atom stereocenters. The van der Waals surface area contributed by atoms with E-state index in [4.69, 9.17) is 23.1 Å². The summed E-state index contributed by atoms with van der Waals surface area (Å²) >= 11 is 4.79. The topological polar surface area (TPSA) is 75.3 Å². The van der Waals surface area contributed by atoms with Gasteiger partial charge in [-0.15, -0.1) is 0 Å². The normalized spacial score (nSPS) is 11.2. The van der Waals surface area contributed by atoms with E-state index in [0.29, 0.717) is 6.07 Å². The van der Waals surface area contributed by atoms with Crippen LogP contribution in [0.15, 0.2) is 6.07 Å². The van der Waals surface area contributed by atoms with Crippen LogP contribution in [0.1, 0.15) is 24.2 Å². The third-order valence-electron chi connectivity index (χ3n) is 2.74. The minimum Gasteiger partial charge on any atom is -0.503 e. The van der Waals surface area contributed by atoms with Crippen LogP contribution in [0.5, 0.6) is 5.75 Å². The Bertz CT molecular complexity index is 576. The molecule has 1 aromatic rings. The number of hydrogen-bond acceptors (Lipinski definition) is 3. The Morgan fingerprint density at radius 1 is 1.40 bits per heavy atom. The van der Waals surface area contributed by atoms with Crippen molar-refractivity contribution in [3.05, 3.63) is 29.1 Å². The van der Waals surface area contributed by atoms with Crippen LogP contribution < -0.4 is 11.1 Å². The van der Waals surface area contributed by atoms with Crippen molar-refractivity contribution >= 4 is 23.1 Å². The first-order valence-electron chi connectivity index (χ1n) is 5.52. The van der Waals surface area contributed by atoms with E-state index in [-0.39, 0.29) is 11.5 Å². The number of hydrogen-bond donors (Lipinski definition) is 3. The molecule has 110 valence electrons. The van der Waals surface area contributed by atoms with Crippen molar-refractivity contribution in [2.24, 2.45) is 11.1 Å². The van der Waals surface area contributed by atoms with Crippen molar-refractivity contribution in [2.75, 3.05) is 6.54 Å². The van der Waals surface area contributed by atoms with Gasteiger partial charge in [0.15, 0.2) is 17.4 Å². The van der Waals surface area contributed by atoms with Gasteiger partial charge in [-0.25, -0.2) is 8.78 Å². The molecule has 0 aromatic heterocycles. The molecule has 0 heterocycles. The molecule has 0 unspecified atom stereocenters.